The Bertz CT molecular complexity index is 1010. The second kappa shape index (κ2) is 11.1. The molecule has 2 amide bonds. The number of ether oxygens (including phenoxy) is 2. The van der Waals surface area contributed by atoms with Crippen LogP contribution >= 0.6 is 0 Å². The van der Waals surface area contributed by atoms with Gasteiger partial charge in [-0.15, -0.1) is 0 Å². The fraction of sp³-hybridized carbons (Fsp3) is 0.333. The standard InChI is InChI=1S/C24H26N2O7/c1-2-32-21(27)13-19(23(29)30)25-22(28)20-12-17-10-6-7-11-18(17)14-26(20)24(31)33-15-16-8-4-3-5-9-16/h3-11,19-20H,2,12-15H2,1H3,(H,25,28)(H,29,30)/t19-,20+/m1/s1. The molecular weight excluding hydrogens is 428 g/mol. The molecule has 1 heterocycles. The van der Waals surface area contributed by atoms with Crippen LogP contribution in [-0.4, -0.2) is 52.6 Å². The van der Waals surface area contributed by atoms with Crippen molar-refractivity contribution in [3.63, 3.8) is 0 Å². The van der Waals surface area contributed by atoms with E-state index in [0.29, 0.717) is 0 Å². The molecule has 0 bridgehead atoms. The Morgan fingerprint density at radius 1 is 1.03 bits per heavy atom. The molecule has 0 saturated carbocycles. The summed E-state index contributed by atoms with van der Waals surface area (Å²) in [5.41, 5.74) is 2.55. The third kappa shape index (κ3) is 6.31. The van der Waals surface area contributed by atoms with E-state index in [1.54, 1.807) is 6.92 Å². The van der Waals surface area contributed by atoms with Gasteiger partial charge in [-0.1, -0.05) is 54.6 Å². The Kier molecular flexibility index (Phi) is 8.01. The van der Waals surface area contributed by atoms with Crippen LogP contribution in [0.1, 0.15) is 30.0 Å². The molecule has 174 valence electrons. The smallest absolute Gasteiger partial charge is 0.411 e. The number of carbonyl (C=O) groups excluding carboxylic acids is 3. The summed E-state index contributed by atoms with van der Waals surface area (Å²) >= 11 is 0. The molecule has 0 fully saturated rings. The maximum absolute atomic E-state index is 13.1. The Balaban J connectivity index is 1.76. The predicted molar refractivity (Wildman–Crippen MR) is 117 cm³/mol. The Labute approximate surface area is 191 Å². The topological polar surface area (TPSA) is 122 Å². The van der Waals surface area contributed by atoms with Crippen LogP contribution in [0.15, 0.2) is 54.6 Å². The second-order valence-electron chi connectivity index (χ2n) is 7.57. The lowest BCUT2D eigenvalue weighted by molar-refractivity contribution is -0.150. The fourth-order valence-electron chi connectivity index (χ4n) is 3.61. The van der Waals surface area contributed by atoms with Gasteiger partial charge >= 0.3 is 18.0 Å². The van der Waals surface area contributed by atoms with Crippen molar-refractivity contribution in [3.8, 4) is 0 Å². The summed E-state index contributed by atoms with van der Waals surface area (Å²) in [4.78, 5) is 50.6. The third-order valence-electron chi connectivity index (χ3n) is 5.28. The van der Waals surface area contributed by atoms with Crippen LogP contribution < -0.4 is 5.32 Å². The summed E-state index contributed by atoms with van der Waals surface area (Å²) in [5, 5.41) is 11.8. The molecule has 1 aliphatic heterocycles. The highest BCUT2D eigenvalue weighted by Gasteiger charge is 2.37. The monoisotopic (exact) mass is 454 g/mol. The first-order chi connectivity index (χ1) is 15.9. The first kappa shape index (κ1) is 23.8. The normalized spacial score (nSPS) is 15.7. The van der Waals surface area contributed by atoms with Gasteiger partial charge in [-0.25, -0.2) is 9.59 Å². The molecule has 9 heteroatoms. The number of nitrogens with zero attached hydrogens (tertiary/aromatic N) is 1. The fourth-order valence-corrected chi connectivity index (χ4v) is 3.61. The number of aliphatic carboxylic acids is 1. The van der Waals surface area contributed by atoms with Crippen molar-refractivity contribution < 1.29 is 33.8 Å². The number of hydrogen-bond acceptors (Lipinski definition) is 6. The molecule has 33 heavy (non-hydrogen) atoms. The van der Waals surface area contributed by atoms with Crippen molar-refractivity contribution in [2.75, 3.05) is 6.61 Å². The molecule has 2 atom stereocenters. The first-order valence-electron chi connectivity index (χ1n) is 10.6. The van der Waals surface area contributed by atoms with E-state index in [1.807, 2.05) is 54.6 Å². The maximum atomic E-state index is 13.1. The van der Waals surface area contributed by atoms with Crippen molar-refractivity contribution in [1.82, 2.24) is 10.2 Å². The van der Waals surface area contributed by atoms with E-state index < -0.39 is 42.4 Å². The zero-order valence-corrected chi connectivity index (χ0v) is 18.2. The van der Waals surface area contributed by atoms with Gasteiger partial charge in [0.05, 0.1) is 19.6 Å². The molecule has 0 spiro atoms. The first-order valence-corrected chi connectivity index (χ1v) is 10.6. The summed E-state index contributed by atoms with van der Waals surface area (Å²) in [7, 11) is 0. The summed E-state index contributed by atoms with van der Waals surface area (Å²) < 4.78 is 10.2. The average molecular weight is 454 g/mol. The molecule has 2 aromatic carbocycles. The molecule has 9 nitrogen and oxygen atoms in total. The Morgan fingerprint density at radius 3 is 2.36 bits per heavy atom. The number of nitrogens with one attached hydrogen (secondary N) is 1. The highest BCUT2D eigenvalue weighted by Crippen LogP contribution is 2.24. The lowest BCUT2D eigenvalue weighted by Gasteiger charge is -2.35. The molecular formula is C24H26N2O7. The second-order valence-corrected chi connectivity index (χ2v) is 7.57. The molecule has 0 aromatic heterocycles. The lowest BCUT2D eigenvalue weighted by Crippen LogP contribution is -2.55. The zero-order valence-electron chi connectivity index (χ0n) is 18.2. The van der Waals surface area contributed by atoms with Crippen LogP contribution in [0.5, 0.6) is 0 Å². The number of amides is 2. The summed E-state index contributed by atoms with van der Waals surface area (Å²) in [6.07, 6.45) is -1.02. The summed E-state index contributed by atoms with van der Waals surface area (Å²) in [6, 6.07) is 14.1. The van der Waals surface area contributed by atoms with E-state index in [-0.39, 0.29) is 26.2 Å². The van der Waals surface area contributed by atoms with Gasteiger partial charge in [0.25, 0.3) is 0 Å². The number of esters is 1. The van der Waals surface area contributed by atoms with Gasteiger partial charge in [0.15, 0.2) is 0 Å². The molecule has 0 saturated heterocycles. The Morgan fingerprint density at radius 2 is 1.70 bits per heavy atom. The molecule has 0 unspecified atom stereocenters. The number of benzene rings is 2. The molecule has 2 aromatic rings. The number of carboxylic acids is 1. The van der Waals surface area contributed by atoms with E-state index in [4.69, 9.17) is 9.47 Å². The zero-order chi connectivity index (χ0) is 23.8. The quantitative estimate of drug-likeness (QED) is 0.587. The van der Waals surface area contributed by atoms with Gasteiger partial charge in [0, 0.05) is 6.42 Å². The van der Waals surface area contributed by atoms with Crippen molar-refractivity contribution in [3.05, 3.63) is 71.3 Å². The largest absolute Gasteiger partial charge is 0.480 e. The number of carbonyl (C=O) groups is 4. The molecule has 0 aliphatic carbocycles. The van der Waals surface area contributed by atoms with Gasteiger partial charge in [-0.2, -0.15) is 0 Å². The average Bonchev–Trinajstić information content (AvgIpc) is 2.82. The minimum absolute atomic E-state index is 0.0345. The number of hydrogen-bond donors (Lipinski definition) is 2. The summed E-state index contributed by atoms with van der Waals surface area (Å²) in [6.45, 7) is 1.87. The summed E-state index contributed by atoms with van der Waals surface area (Å²) in [5.74, 6) is -2.79. The van der Waals surface area contributed by atoms with Crippen LogP contribution in [0.2, 0.25) is 0 Å². The minimum atomic E-state index is -1.48. The van der Waals surface area contributed by atoms with E-state index >= 15 is 0 Å². The van der Waals surface area contributed by atoms with Gasteiger partial charge in [0.1, 0.15) is 18.7 Å². The van der Waals surface area contributed by atoms with Gasteiger partial charge in [-0.3, -0.25) is 14.5 Å². The molecule has 3 rings (SSSR count). The SMILES string of the molecule is CCOC(=O)C[C@@H](NC(=O)[C@@H]1Cc2ccccc2CN1C(=O)OCc1ccccc1)C(=O)O. The van der Waals surface area contributed by atoms with Gasteiger partial charge in [-0.05, 0) is 23.6 Å². The van der Waals surface area contributed by atoms with Crippen molar-refractivity contribution in [2.45, 2.75) is 45.0 Å². The van der Waals surface area contributed by atoms with E-state index in [2.05, 4.69) is 5.32 Å². The van der Waals surface area contributed by atoms with Crippen molar-refractivity contribution in [2.24, 2.45) is 0 Å². The number of carboxylic acid groups (broad SMARTS) is 1. The van der Waals surface area contributed by atoms with Crippen molar-refractivity contribution in [1.29, 1.82) is 0 Å². The highest BCUT2D eigenvalue weighted by molar-refractivity contribution is 5.91. The van der Waals surface area contributed by atoms with Crippen LogP contribution in [0.3, 0.4) is 0 Å². The van der Waals surface area contributed by atoms with Gasteiger partial charge in [0.2, 0.25) is 5.91 Å². The molecule has 1 aliphatic rings. The van der Waals surface area contributed by atoms with Crippen LogP contribution in [0, 0.1) is 0 Å². The molecule has 0 radical (unpaired) electrons. The lowest BCUT2D eigenvalue weighted by atomic mass is 9.93. The highest BCUT2D eigenvalue weighted by atomic mass is 16.6. The predicted octanol–water partition coefficient (Wildman–Crippen LogP) is 2.27. The van der Waals surface area contributed by atoms with Gasteiger partial charge < -0.3 is 19.9 Å². The number of rotatable bonds is 8. The van der Waals surface area contributed by atoms with E-state index in [9.17, 15) is 24.3 Å². The number of fused-ring (bicyclic) bond motifs is 1. The van der Waals surface area contributed by atoms with E-state index in [1.165, 1.54) is 4.90 Å². The van der Waals surface area contributed by atoms with E-state index in [0.717, 1.165) is 16.7 Å². The van der Waals surface area contributed by atoms with Crippen LogP contribution in [0.4, 0.5) is 4.79 Å². The Hall–Kier alpha value is -3.88. The van der Waals surface area contributed by atoms with Crippen molar-refractivity contribution >= 4 is 23.9 Å². The van der Waals surface area contributed by atoms with Crippen LogP contribution in [-0.2, 0) is 43.4 Å². The maximum Gasteiger partial charge on any atom is 0.411 e. The van der Waals surface area contributed by atoms with Crippen LogP contribution in [0.25, 0.3) is 0 Å². The minimum Gasteiger partial charge on any atom is -0.480 e. The third-order valence-corrected chi connectivity index (χ3v) is 5.28. The molecule has 2 N–H and O–H groups in total.